The molecule has 0 saturated heterocycles. The van der Waals surface area contributed by atoms with Crippen molar-refractivity contribution in [3.05, 3.63) is 82.4 Å². The van der Waals surface area contributed by atoms with Crippen LogP contribution in [0.15, 0.2) is 53.7 Å². The third kappa shape index (κ3) is 5.65. The molecule has 2 heterocycles. The topological polar surface area (TPSA) is 102 Å². The van der Waals surface area contributed by atoms with E-state index in [0.29, 0.717) is 12.1 Å². The summed E-state index contributed by atoms with van der Waals surface area (Å²) in [7, 11) is -3.91. The van der Waals surface area contributed by atoms with Crippen LogP contribution in [-0.4, -0.2) is 29.2 Å². The van der Waals surface area contributed by atoms with Crippen molar-refractivity contribution in [2.24, 2.45) is 0 Å². The van der Waals surface area contributed by atoms with Crippen molar-refractivity contribution in [1.82, 2.24) is 19.7 Å². The summed E-state index contributed by atoms with van der Waals surface area (Å²) in [6.45, 7) is 1.74. The summed E-state index contributed by atoms with van der Waals surface area (Å²) in [5.74, 6) is -0.890. The normalized spacial score (nSPS) is 11.4. The molecule has 1 aromatic carbocycles. The number of Topliss-reactive ketones (excluding diaryl/α,β-unsaturated/α-hetero) is 1. The van der Waals surface area contributed by atoms with Gasteiger partial charge in [-0.15, -0.1) is 0 Å². The first-order valence-electron chi connectivity index (χ1n) is 8.96. The number of carbonyl (C=O) groups is 1. The molecule has 0 saturated carbocycles. The van der Waals surface area contributed by atoms with Gasteiger partial charge in [0.25, 0.3) is 0 Å². The van der Waals surface area contributed by atoms with Crippen LogP contribution in [0.3, 0.4) is 0 Å². The van der Waals surface area contributed by atoms with Gasteiger partial charge in [-0.25, -0.2) is 22.5 Å². The zero-order chi connectivity index (χ0) is 21.7. The van der Waals surface area contributed by atoms with E-state index in [4.69, 9.17) is 11.6 Å². The number of nitrogens with zero attached hydrogens (tertiary/aromatic N) is 3. The molecule has 1 N–H and O–H groups in total. The summed E-state index contributed by atoms with van der Waals surface area (Å²) >= 11 is 5.63. The number of pyridine rings is 1. The Morgan fingerprint density at radius 3 is 2.60 bits per heavy atom. The molecular weight excluding hydrogens is 431 g/mol. The van der Waals surface area contributed by atoms with Crippen LogP contribution >= 0.6 is 11.6 Å². The Labute approximate surface area is 178 Å². The van der Waals surface area contributed by atoms with Gasteiger partial charge in [0.2, 0.25) is 10.0 Å². The summed E-state index contributed by atoms with van der Waals surface area (Å²) < 4.78 is 40.1. The van der Waals surface area contributed by atoms with Crippen molar-refractivity contribution in [2.45, 2.75) is 31.2 Å². The molecule has 156 valence electrons. The summed E-state index contributed by atoms with van der Waals surface area (Å²) in [4.78, 5) is 24.6. The second-order valence-electron chi connectivity index (χ2n) is 6.49. The standard InChI is InChI=1S/C20H18ClFN4O3S/c1-13-3-2-4-14(26-13)5-8-20(27)19-12-23-15(10-24-19)11-25-30(28,29)16-6-7-18(22)17(21)9-16/h2-4,6-7,9-10,12,25H,5,8,11H2,1H3. The smallest absolute Gasteiger partial charge is 0.240 e. The maximum absolute atomic E-state index is 13.2. The van der Waals surface area contributed by atoms with Gasteiger partial charge in [0, 0.05) is 17.8 Å². The van der Waals surface area contributed by atoms with E-state index >= 15 is 0 Å². The minimum absolute atomic E-state index is 0.147. The fraction of sp³-hybridized carbons (Fsp3) is 0.200. The highest BCUT2D eigenvalue weighted by Crippen LogP contribution is 2.19. The SMILES string of the molecule is Cc1cccc(CCC(=O)c2cnc(CNS(=O)(=O)c3ccc(F)c(Cl)c3)cn2)n1. The Morgan fingerprint density at radius 2 is 1.93 bits per heavy atom. The minimum atomic E-state index is -3.91. The quantitative estimate of drug-likeness (QED) is 0.530. The van der Waals surface area contributed by atoms with Crippen LogP contribution in [0.2, 0.25) is 5.02 Å². The molecule has 0 amide bonds. The van der Waals surface area contributed by atoms with Crippen molar-refractivity contribution in [3.63, 3.8) is 0 Å². The fourth-order valence-corrected chi connectivity index (χ4v) is 3.86. The first-order valence-corrected chi connectivity index (χ1v) is 10.8. The number of aryl methyl sites for hydroxylation is 2. The highest BCUT2D eigenvalue weighted by atomic mass is 35.5. The van der Waals surface area contributed by atoms with Gasteiger partial charge in [0.05, 0.1) is 34.6 Å². The number of nitrogens with one attached hydrogen (secondary N) is 1. The van der Waals surface area contributed by atoms with Crippen LogP contribution in [-0.2, 0) is 23.0 Å². The van der Waals surface area contributed by atoms with Gasteiger partial charge in [-0.2, -0.15) is 0 Å². The zero-order valence-corrected chi connectivity index (χ0v) is 17.5. The molecule has 0 spiro atoms. The molecule has 30 heavy (non-hydrogen) atoms. The molecule has 0 bridgehead atoms. The van der Waals surface area contributed by atoms with Gasteiger partial charge >= 0.3 is 0 Å². The van der Waals surface area contributed by atoms with Crippen molar-refractivity contribution in [3.8, 4) is 0 Å². The van der Waals surface area contributed by atoms with E-state index in [0.717, 1.165) is 29.6 Å². The van der Waals surface area contributed by atoms with Gasteiger partial charge in [-0.1, -0.05) is 17.7 Å². The lowest BCUT2D eigenvalue weighted by molar-refractivity contribution is 0.0977. The molecule has 0 atom stereocenters. The molecule has 0 aliphatic carbocycles. The van der Waals surface area contributed by atoms with Crippen LogP contribution in [0, 0.1) is 12.7 Å². The molecule has 0 fully saturated rings. The first kappa shape index (κ1) is 21.9. The number of rotatable bonds is 8. The Bertz CT molecular complexity index is 1170. The van der Waals surface area contributed by atoms with Gasteiger partial charge < -0.3 is 0 Å². The molecule has 10 heteroatoms. The van der Waals surface area contributed by atoms with E-state index in [1.807, 2.05) is 25.1 Å². The van der Waals surface area contributed by atoms with E-state index in [-0.39, 0.29) is 34.4 Å². The number of carbonyl (C=O) groups excluding carboxylic acids is 1. The number of sulfonamides is 1. The fourth-order valence-electron chi connectivity index (χ4n) is 2.59. The summed E-state index contributed by atoms with van der Waals surface area (Å²) in [6, 6.07) is 8.74. The van der Waals surface area contributed by atoms with Crippen LogP contribution in [0.1, 0.15) is 34.0 Å². The third-order valence-corrected chi connectivity index (χ3v) is 5.88. The monoisotopic (exact) mass is 448 g/mol. The second kappa shape index (κ2) is 9.38. The minimum Gasteiger partial charge on any atom is -0.292 e. The predicted octanol–water partition coefficient (Wildman–Crippen LogP) is 3.27. The molecule has 3 aromatic rings. The van der Waals surface area contributed by atoms with E-state index in [9.17, 15) is 17.6 Å². The number of benzene rings is 1. The van der Waals surface area contributed by atoms with E-state index in [1.54, 1.807) is 0 Å². The second-order valence-corrected chi connectivity index (χ2v) is 8.66. The molecule has 2 aromatic heterocycles. The lowest BCUT2D eigenvalue weighted by Gasteiger charge is -2.07. The van der Waals surface area contributed by atoms with E-state index in [1.165, 1.54) is 12.4 Å². The molecule has 0 aliphatic heterocycles. The van der Waals surface area contributed by atoms with Crippen LogP contribution < -0.4 is 4.72 Å². The average molecular weight is 449 g/mol. The van der Waals surface area contributed by atoms with Crippen molar-refractivity contribution in [2.75, 3.05) is 0 Å². The number of aromatic nitrogens is 3. The van der Waals surface area contributed by atoms with Crippen LogP contribution in [0.5, 0.6) is 0 Å². The summed E-state index contributed by atoms with van der Waals surface area (Å²) in [5.41, 5.74) is 2.22. The Kier molecular flexibility index (Phi) is 6.86. The lowest BCUT2D eigenvalue weighted by Crippen LogP contribution is -2.24. The molecule has 7 nitrogen and oxygen atoms in total. The maximum Gasteiger partial charge on any atom is 0.240 e. The van der Waals surface area contributed by atoms with E-state index in [2.05, 4.69) is 19.7 Å². The molecule has 3 rings (SSSR count). The number of halogens is 2. The largest absolute Gasteiger partial charge is 0.292 e. The van der Waals surface area contributed by atoms with Gasteiger partial charge in [0.1, 0.15) is 11.5 Å². The van der Waals surface area contributed by atoms with Gasteiger partial charge in [-0.3, -0.25) is 14.8 Å². The zero-order valence-electron chi connectivity index (χ0n) is 16.0. The third-order valence-electron chi connectivity index (χ3n) is 4.19. The number of hydrogen-bond acceptors (Lipinski definition) is 6. The molecule has 0 aliphatic rings. The molecule has 0 radical (unpaired) electrons. The highest BCUT2D eigenvalue weighted by molar-refractivity contribution is 7.89. The van der Waals surface area contributed by atoms with Crippen molar-refractivity contribution >= 4 is 27.4 Å². The Balaban J connectivity index is 1.58. The number of hydrogen-bond donors (Lipinski definition) is 1. The van der Waals surface area contributed by atoms with Crippen molar-refractivity contribution < 1.29 is 17.6 Å². The lowest BCUT2D eigenvalue weighted by atomic mass is 10.1. The van der Waals surface area contributed by atoms with E-state index < -0.39 is 15.8 Å². The van der Waals surface area contributed by atoms with Gasteiger partial charge in [-0.05, 0) is 43.7 Å². The van der Waals surface area contributed by atoms with Crippen molar-refractivity contribution in [1.29, 1.82) is 0 Å². The summed E-state index contributed by atoms with van der Waals surface area (Å²) in [5, 5.41) is -0.290. The molecular formula is C20H18ClFN4O3S. The predicted molar refractivity (Wildman–Crippen MR) is 109 cm³/mol. The Hall–Kier alpha value is -2.75. The number of ketones is 1. The molecule has 0 unspecified atom stereocenters. The first-order chi connectivity index (χ1) is 14.2. The maximum atomic E-state index is 13.2. The highest BCUT2D eigenvalue weighted by Gasteiger charge is 2.16. The summed E-state index contributed by atoms with van der Waals surface area (Å²) in [6.07, 6.45) is 3.37. The average Bonchev–Trinajstić information content (AvgIpc) is 2.73. The van der Waals surface area contributed by atoms with Crippen LogP contribution in [0.4, 0.5) is 4.39 Å². The van der Waals surface area contributed by atoms with Gasteiger partial charge in [0.15, 0.2) is 5.78 Å². The van der Waals surface area contributed by atoms with Crippen LogP contribution in [0.25, 0.3) is 0 Å². The Morgan fingerprint density at radius 1 is 1.13 bits per heavy atom.